The summed E-state index contributed by atoms with van der Waals surface area (Å²) in [5.41, 5.74) is 3.11. The van der Waals surface area contributed by atoms with Crippen LogP contribution >= 0.6 is 0 Å². The van der Waals surface area contributed by atoms with E-state index in [1.807, 2.05) is 36.6 Å². The van der Waals surface area contributed by atoms with Crippen molar-refractivity contribution in [2.45, 2.75) is 13.8 Å². The zero-order valence-corrected chi connectivity index (χ0v) is 16.0. The van der Waals surface area contributed by atoms with Gasteiger partial charge in [0, 0.05) is 28.7 Å². The number of benzene rings is 2. The number of aryl methyl sites for hydroxylation is 1. The molecular weight excluding hydrogens is 374 g/mol. The minimum Gasteiger partial charge on any atom is -0.508 e. The van der Waals surface area contributed by atoms with E-state index in [0.717, 1.165) is 17.1 Å². The first-order valence-corrected chi connectivity index (χ1v) is 9.02. The molecule has 4 rings (SSSR count). The van der Waals surface area contributed by atoms with Crippen LogP contribution in [0.4, 0.5) is 0 Å². The average molecular weight is 393 g/mol. The molecule has 2 aromatic carbocycles. The second kappa shape index (κ2) is 7.35. The molecule has 1 aliphatic rings. The van der Waals surface area contributed by atoms with Crippen LogP contribution in [0.2, 0.25) is 0 Å². The van der Waals surface area contributed by atoms with E-state index in [-0.39, 0.29) is 30.5 Å². The highest BCUT2D eigenvalue weighted by Crippen LogP contribution is 2.35. The summed E-state index contributed by atoms with van der Waals surface area (Å²) in [7, 11) is 0. The number of rotatable bonds is 5. The molecule has 0 bridgehead atoms. The molecule has 2 heterocycles. The van der Waals surface area contributed by atoms with Crippen LogP contribution in [0, 0.1) is 13.8 Å². The molecule has 0 atom stereocenters. The van der Waals surface area contributed by atoms with Gasteiger partial charge >= 0.3 is 5.97 Å². The lowest BCUT2D eigenvalue weighted by Gasteiger charge is -2.11. The maximum absolute atomic E-state index is 12.7. The molecular formula is C22H19NO6. The van der Waals surface area contributed by atoms with Gasteiger partial charge in [-0.15, -0.1) is 0 Å². The van der Waals surface area contributed by atoms with Gasteiger partial charge in [-0.3, -0.25) is 4.79 Å². The quantitative estimate of drug-likeness (QED) is 0.527. The second-order valence-electron chi connectivity index (χ2n) is 6.71. The van der Waals surface area contributed by atoms with E-state index in [1.54, 1.807) is 6.07 Å². The number of carbonyl (C=O) groups is 2. The number of Topliss-reactive ketones (excluding diaryl/α,β-unsaturated/α-hetero) is 1. The molecule has 0 radical (unpaired) electrons. The first-order chi connectivity index (χ1) is 13.9. The van der Waals surface area contributed by atoms with Gasteiger partial charge in [-0.2, -0.15) is 0 Å². The van der Waals surface area contributed by atoms with Crippen LogP contribution in [-0.4, -0.2) is 34.8 Å². The summed E-state index contributed by atoms with van der Waals surface area (Å²) < 4.78 is 17.8. The summed E-state index contributed by atoms with van der Waals surface area (Å²) in [6, 6.07) is 13.1. The topological polar surface area (TPSA) is 87.0 Å². The molecule has 0 saturated heterocycles. The number of esters is 1. The fraction of sp³-hybridized carbons (Fsp3) is 0.182. The van der Waals surface area contributed by atoms with Gasteiger partial charge in [0.25, 0.3) is 0 Å². The lowest BCUT2D eigenvalue weighted by Crippen LogP contribution is -2.15. The molecule has 29 heavy (non-hydrogen) atoms. The summed E-state index contributed by atoms with van der Waals surface area (Å²) in [4.78, 5) is 24.8. The maximum atomic E-state index is 12.7. The highest BCUT2D eigenvalue weighted by Gasteiger charge is 2.20. The summed E-state index contributed by atoms with van der Waals surface area (Å²) in [6.07, 6.45) is 0. The third-order valence-electron chi connectivity index (χ3n) is 4.76. The van der Waals surface area contributed by atoms with E-state index in [9.17, 15) is 14.7 Å². The first-order valence-electron chi connectivity index (χ1n) is 9.02. The van der Waals surface area contributed by atoms with Crippen molar-refractivity contribution in [1.82, 2.24) is 4.57 Å². The Morgan fingerprint density at radius 3 is 2.66 bits per heavy atom. The predicted molar refractivity (Wildman–Crippen MR) is 104 cm³/mol. The normalized spacial score (nSPS) is 12.1. The Balaban J connectivity index is 1.53. The summed E-state index contributed by atoms with van der Waals surface area (Å²) in [5, 5.41) is 9.46. The number of hydrogen-bond acceptors (Lipinski definition) is 6. The Labute approximate surface area is 167 Å². The monoisotopic (exact) mass is 393 g/mol. The number of fused-ring (bicyclic) bond motifs is 1. The Hall–Kier alpha value is -3.74. The van der Waals surface area contributed by atoms with Crippen molar-refractivity contribution in [3.05, 3.63) is 71.0 Å². The molecule has 7 nitrogen and oxygen atoms in total. The summed E-state index contributed by atoms with van der Waals surface area (Å²) >= 11 is 0. The minimum atomic E-state index is -0.668. The van der Waals surface area contributed by atoms with Gasteiger partial charge in [0.05, 0.1) is 5.56 Å². The Morgan fingerprint density at radius 1 is 1.07 bits per heavy atom. The smallest absolute Gasteiger partial charge is 0.338 e. The van der Waals surface area contributed by atoms with Crippen LogP contribution in [-0.2, 0) is 4.74 Å². The van der Waals surface area contributed by atoms with Crippen molar-refractivity contribution in [2.75, 3.05) is 13.4 Å². The molecule has 3 aromatic rings. The van der Waals surface area contributed by atoms with Crippen LogP contribution in [0.5, 0.6) is 17.2 Å². The number of aromatic nitrogens is 1. The number of hydrogen-bond donors (Lipinski definition) is 1. The van der Waals surface area contributed by atoms with E-state index in [0.29, 0.717) is 17.1 Å². The lowest BCUT2D eigenvalue weighted by atomic mass is 10.1. The van der Waals surface area contributed by atoms with E-state index < -0.39 is 5.97 Å². The number of ketones is 1. The second-order valence-corrected chi connectivity index (χ2v) is 6.71. The molecule has 0 aliphatic carbocycles. The van der Waals surface area contributed by atoms with Crippen LogP contribution in [0.1, 0.15) is 32.1 Å². The highest BCUT2D eigenvalue weighted by atomic mass is 16.7. The lowest BCUT2D eigenvalue weighted by molar-refractivity contribution is 0.0474. The van der Waals surface area contributed by atoms with Crippen molar-refractivity contribution in [1.29, 1.82) is 0 Å². The molecule has 0 saturated carbocycles. The molecule has 0 unspecified atom stereocenters. The van der Waals surface area contributed by atoms with E-state index in [4.69, 9.17) is 14.2 Å². The molecule has 0 spiro atoms. The number of carbonyl (C=O) groups excluding carboxylic acids is 2. The van der Waals surface area contributed by atoms with E-state index >= 15 is 0 Å². The molecule has 148 valence electrons. The van der Waals surface area contributed by atoms with Gasteiger partial charge in [-0.25, -0.2) is 4.79 Å². The first kappa shape index (κ1) is 18.6. The fourth-order valence-corrected chi connectivity index (χ4v) is 3.39. The van der Waals surface area contributed by atoms with Crippen LogP contribution in [0.3, 0.4) is 0 Å². The summed E-state index contributed by atoms with van der Waals surface area (Å²) in [5.74, 6) is 0.324. The van der Waals surface area contributed by atoms with Crippen LogP contribution < -0.4 is 9.47 Å². The minimum absolute atomic E-state index is 0.0435. The largest absolute Gasteiger partial charge is 0.508 e. The molecule has 7 heteroatoms. The number of phenols is 1. The number of aromatic hydroxyl groups is 1. The van der Waals surface area contributed by atoms with Crippen molar-refractivity contribution in [3.8, 4) is 22.9 Å². The number of phenolic OH excluding ortho intramolecular Hbond substituents is 1. The van der Waals surface area contributed by atoms with Gasteiger partial charge < -0.3 is 23.9 Å². The summed E-state index contributed by atoms with van der Waals surface area (Å²) in [6.45, 7) is 3.53. The Kier molecular flexibility index (Phi) is 4.72. The third-order valence-corrected chi connectivity index (χ3v) is 4.76. The van der Waals surface area contributed by atoms with Gasteiger partial charge in [-0.1, -0.05) is 6.07 Å². The number of nitrogens with zero attached hydrogens (tertiary/aromatic N) is 1. The molecule has 0 amide bonds. The van der Waals surface area contributed by atoms with Gasteiger partial charge in [0.1, 0.15) is 5.75 Å². The van der Waals surface area contributed by atoms with Crippen molar-refractivity contribution < 1.29 is 28.9 Å². The Morgan fingerprint density at radius 2 is 1.86 bits per heavy atom. The maximum Gasteiger partial charge on any atom is 0.338 e. The molecule has 1 N–H and O–H groups in total. The van der Waals surface area contributed by atoms with Crippen molar-refractivity contribution >= 4 is 11.8 Å². The zero-order valence-electron chi connectivity index (χ0n) is 16.0. The van der Waals surface area contributed by atoms with E-state index in [1.165, 1.54) is 24.3 Å². The Bertz CT molecular complexity index is 1110. The van der Waals surface area contributed by atoms with Crippen molar-refractivity contribution in [3.63, 3.8) is 0 Å². The standard InChI is InChI=1S/C22H19NO6/c1-13-8-18(19(25)11-27-22(26)15-4-3-5-17(24)9-15)14(2)23(13)16-6-7-20-21(10-16)29-12-28-20/h3-10,24H,11-12H2,1-2H3. The van der Waals surface area contributed by atoms with Crippen molar-refractivity contribution in [2.24, 2.45) is 0 Å². The molecule has 0 fully saturated rings. The average Bonchev–Trinajstić information content (AvgIpc) is 3.29. The highest BCUT2D eigenvalue weighted by molar-refractivity contribution is 6.00. The third kappa shape index (κ3) is 3.54. The van der Waals surface area contributed by atoms with Gasteiger partial charge in [-0.05, 0) is 50.2 Å². The van der Waals surface area contributed by atoms with Crippen LogP contribution in [0.25, 0.3) is 5.69 Å². The molecule has 1 aromatic heterocycles. The zero-order chi connectivity index (χ0) is 20.5. The SMILES string of the molecule is Cc1cc(C(=O)COC(=O)c2cccc(O)c2)c(C)n1-c1ccc2c(c1)OCO2. The van der Waals surface area contributed by atoms with E-state index in [2.05, 4.69) is 0 Å². The number of ether oxygens (including phenoxy) is 3. The molecule has 1 aliphatic heterocycles. The predicted octanol–water partition coefficient (Wildman–Crippen LogP) is 3.57. The van der Waals surface area contributed by atoms with Crippen LogP contribution in [0.15, 0.2) is 48.5 Å². The van der Waals surface area contributed by atoms with Gasteiger partial charge in [0.15, 0.2) is 18.1 Å². The fourth-order valence-electron chi connectivity index (χ4n) is 3.39. The van der Waals surface area contributed by atoms with Gasteiger partial charge in [0.2, 0.25) is 12.6 Å².